The van der Waals surface area contributed by atoms with Crippen molar-refractivity contribution in [2.45, 2.75) is 58.2 Å². The SMILES string of the molecule is CCOC(=O)N1CC(c2ccccc2)N(C2CCN(C(=O)OC(C)(C)C)CC2)C1=O. The molecular formula is C22H31N3O5. The van der Waals surface area contributed by atoms with Crippen LogP contribution >= 0.6 is 0 Å². The predicted octanol–water partition coefficient (Wildman–Crippen LogP) is 4.02. The van der Waals surface area contributed by atoms with Gasteiger partial charge in [-0.1, -0.05) is 30.3 Å². The summed E-state index contributed by atoms with van der Waals surface area (Å²) >= 11 is 0. The van der Waals surface area contributed by atoms with Crippen LogP contribution in [0, 0.1) is 0 Å². The van der Waals surface area contributed by atoms with Crippen LogP contribution < -0.4 is 0 Å². The van der Waals surface area contributed by atoms with Gasteiger partial charge in [0.1, 0.15) is 5.60 Å². The van der Waals surface area contributed by atoms with Gasteiger partial charge in [0.25, 0.3) is 0 Å². The van der Waals surface area contributed by atoms with Crippen LogP contribution in [0.5, 0.6) is 0 Å². The highest BCUT2D eigenvalue weighted by Gasteiger charge is 2.46. The molecule has 30 heavy (non-hydrogen) atoms. The molecule has 2 aliphatic heterocycles. The van der Waals surface area contributed by atoms with E-state index in [2.05, 4.69) is 0 Å². The number of carbonyl (C=O) groups is 3. The first-order valence-corrected chi connectivity index (χ1v) is 10.5. The Bertz CT molecular complexity index is 769. The summed E-state index contributed by atoms with van der Waals surface area (Å²) in [6.45, 7) is 8.73. The molecule has 164 valence electrons. The number of hydrogen-bond donors (Lipinski definition) is 0. The predicted molar refractivity (Wildman–Crippen MR) is 111 cm³/mol. The van der Waals surface area contributed by atoms with E-state index >= 15 is 0 Å². The molecule has 1 aromatic carbocycles. The van der Waals surface area contributed by atoms with Gasteiger partial charge in [0.15, 0.2) is 0 Å². The molecule has 0 saturated carbocycles. The summed E-state index contributed by atoms with van der Waals surface area (Å²) < 4.78 is 10.5. The second kappa shape index (κ2) is 8.93. The van der Waals surface area contributed by atoms with E-state index in [9.17, 15) is 14.4 Å². The van der Waals surface area contributed by atoms with Crippen LogP contribution in [-0.2, 0) is 9.47 Å². The van der Waals surface area contributed by atoms with Crippen molar-refractivity contribution in [1.29, 1.82) is 0 Å². The van der Waals surface area contributed by atoms with Crippen LogP contribution in [0.25, 0.3) is 0 Å². The van der Waals surface area contributed by atoms with Gasteiger partial charge in [-0.25, -0.2) is 19.3 Å². The number of ether oxygens (including phenoxy) is 2. The highest BCUT2D eigenvalue weighted by atomic mass is 16.6. The first-order valence-electron chi connectivity index (χ1n) is 10.5. The lowest BCUT2D eigenvalue weighted by atomic mass is 9.99. The summed E-state index contributed by atoms with van der Waals surface area (Å²) in [4.78, 5) is 42.5. The lowest BCUT2D eigenvalue weighted by Crippen LogP contribution is -2.49. The molecule has 2 aliphatic rings. The summed E-state index contributed by atoms with van der Waals surface area (Å²) in [5, 5.41) is 0. The van der Waals surface area contributed by atoms with Crippen molar-refractivity contribution in [2.75, 3.05) is 26.2 Å². The molecule has 1 atom stereocenters. The summed E-state index contributed by atoms with van der Waals surface area (Å²) in [5.41, 5.74) is 0.435. The summed E-state index contributed by atoms with van der Waals surface area (Å²) in [5.74, 6) is 0. The maximum atomic E-state index is 13.2. The van der Waals surface area contributed by atoms with Crippen molar-refractivity contribution >= 4 is 18.2 Å². The van der Waals surface area contributed by atoms with Gasteiger partial charge in [0, 0.05) is 19.1 Å². The van der Waals surface area contributed by atoms with Gasteiger partial charge in [-0.2, -0.15) is 0 Å². The molecule has 1 unspecified atom stereocenters. The zero-order valence-corrected chi connectivity index (χ0v) is 18.2. The third kappa shape index (κ3) is 4.86. The fourth-order valence-electron chi connectivity index (χ4n) is 3.97. The number of imide groups is 1. The van der Waals surface area contributed by atoms with Crippen LogP contribution in [-0.4, -0.2) is 70.8 Å². The van der Waals surface area contributed by atoms with E-state index in [0.717, 1.165) is 5.56 Å². The van der Waals surface area contributed by atoms with Crippen LogP contribution in [0.3, 0.4) is 0 Å². The van der Waals surface area contributed by atoms with Crippen molar-refractivity contribution in [1.82, 2.24) is 14.7 Å². The molecule has 8 nitrogen and oxygen atoms in total. The van der Waals surface area contributed by atoms with Gasteiger partial charge < -0.3 is 19.3 Å². The number of carbonyl (C=O) groups excluding carboxylic acids is 3. The molecule has 0 bridgehead atoms. The van der Waals surface area contributed by atoms with Crippen LogP contribution in [0.1, 0.15) is 52.1 Å². The summed E-state index contributed by atoms with van der Waals surface area (Å²) in [6.07, 6.45) is 0.314. The van der Waals surface area contributed by atoms with E-state index in [0.29, 0.717) is 25.9 Å². The molecule has 0 aromatic heterocycles. The van der Waals surface area contributed by atoms with E-state index in [1.807, 2.05) is 51.1 Å². The Labute approximate surface area is 177 Å². The number of piperidine rings is 1. The zero-order chi connectivity index (χ0) is 21.9. The Morgan fingerprint density at radius 1 is 1.07 bits per heavy atom. The van der Waals surface area contributed by atoms with Crippen molar-refractivity contribution in [3.8, 4) is 0 Å². The number of benzene rings is 1. The Balaban J connectivity index is 1.74. The standard InChI is InChI=1S/C22H31N3O5/c1-5-29-21(28)24-15-18(16-9-7-6-8-10-16)25(19(24)26)17-11-13-23(14-12-17)20(27)30-22(2,3)4/h6-10,17-18H,5,11-15H2,1-4H3. The van der Waals surface area contributed by atoms with Crippen LogP contribution in [0.4, 0.5) is 14.4 Å². The fourth-order valence-corrected chi connectivity index (χ4v) is 3.97. The first-order chi connectivity index (χ1) is 14.2. The molecule has 0 aliphatic carbocycles. The van der Waals surface area contributed by atoms with E-state index in [4.69, 9.17) is 9.47 Å². The first kappa shape index (κ1) is 21.9. The number of nitrogens with zero attached hydrogens (tertiary/aromatic N) is 3. The van der Waals surface area contributed by atoms with Gasteiger partial charge in [-0.15, -0.1) is 0 Å². The van der Waals surface area contributed by atoms with Gasteiger partial charge >= 0.3 is 18.2 Å². The molecular weight excluding hydrogens is 386 g/mol. The molecule has 0 spiro atoms. The third-order valence-corrected chi connectivity index (χ3v) is 5.33. The van der Waals surface area contributed by atoms with Gasteiger partial charge in [0.05, 0.1) is 19.2 Å². The average molecular weight is 418 g/mol. The van der Waals surface area contributed by atoms with E-state index in [1.54, 1.807) is 16.7 Å². The summed E-state index contributed by atoms with van der Waals surface area (Å²) in [7, 11) is 0. The molecule has 2 heterocycles. The number of rotatable bonds is 3. The Kier molecular flexibility index (Phi) is 6.53. The lowest BCUT2D eigenvalue weighted by molar-refractivity contribution is 0.0158. The Morgan fingerprint density at radius 2 is 1.70 bits per heavy atom. The second-order valence-corrected chi connectivity index (χ2v) is 8.62. The lowest BCUT2D eigenvalue weighted by Gasteiger charge is -2.39. The van der Waals surface area contributed by atoms with E-state index < -0.39 is 11.7 Å². The van der Waals surface area contributed by atoms with Gasteiger partial charge in [-0.3, -0.25) is 0 Å². The summed E-state index contributed by atoms with van der Waals surface area (Å²) in [6, 6.07) is 9.07. The smallest absolute Gasteiger partial charge is 0.418 e. The highest BCUT2D eigenvalue weighted by molar-refractivity contribution is 5.93. The maximum absolute atomic E-state index is 13.2. The molecule has 2 saturated heterocycles. The topological polar surface area (TPSA) is 79.4 Å². The largest absolute Gasteiger partial charge is 0.449 e. The fraction of sp³-hybridized carbons (Fsp3) is 0.591. The number of likely N-dealkylation sites (tertiary alicyclic amines) is 1. The minimum absolute atomic E-state index is 0.0687. The van der Waals surface area contributed by atoms with Crippen molar-refractivity contribution in [3.05, 3.63) is 35.9 Å². The number of hydrogen-bond acceptors (Lipinski definition) is 5. The molecule has 0 N–H and O–H groups in total. The van der Waals surface area contributed by atoms with Crippen LogP contribution in [0.2, 0.25) is 0 Å². The normalized spacial score (nSPS) is 20.5. The van der Waals surface area contributed by atoms with Gasteiger partial charge in [0.2, 0.25) is 0 Å². The van der Waals surface area contributed by atoms with E-state index in [1.165, 1.54) is 4.90 Å². The van der Waals surface area contributed by atoms with E-state index in [-0.39, 0.29) is 37.4 Å². The molecule has 3 rings (SSSR count). The minimum Gasteiger partial charge on any atom is -0.449 e. The average Bonchev–Trinajstić information content (AvgIpc) is 3.05. The molecule has 4 amide bonds. The molecule has 2 fully saturated rings. The van der Waals surface area contributed by atoms with Crippen LogP contribution in [0.15, 0.2) is 30.3 Å². The van der Waals surface area contributed by atoms with Crippen molar-refractivity contribution < 1.29 is 23.9 Å². The number of urea groups is 1. The van der Waals surface area contributed by atoms with Crippen molar-refractivity contribution in [2.24, 2.45) is 0 Å². The monoisotopic (exact) mass is 417 g/mol. The third-order valence-electron chi connectivity index (χ3n) is 5.33. The Morgan fingerprint density at radius 3 is 2.27 bits per heavy atom. The highest BCUT2D eigenvalue weighted by Crippen LogP contribution is 2.35. The van der Waals surface area contributed by atoms with Gasteiger partial charge in [-0.05, 0) is 46.1 Å². The maximum Gasteiger partial charge on any atom is 0.418 e. The minimum atomic E-state index is -0.614. The zero-order valence-electron chi connectivity index (χ0n) is 18.2. The second-order valence-electron chi connectivity index (χ2n) is 8.62. The Hall–Kier alpha value is -2.77. The van der Waals surface area contributed by atoms with Crippen molar-refractivity contribution in [3.63, 3.8) is 0 Å². The quantitative estimate of drug-likeness (QED) is 0.742. The molecule has 1 aromatic rings. The number of amides is 4. The molecule has 0 radical (unpaired) electrons. The molecule has 8 heteroatoms.